The second kappa shape index (κ2) is 9.90. The van der Waals surface area contributed by atoms with Crippen molar-refractivity contribution in [3.63, 3.8) is 0 Å². The number of methoxy groups -OCH3 is 1. The van der Waals surface area contributed by atoms with Crippen LogP contribution in [0.5, 0.6) is 5.75 Å². The van der Waals surface area contributed by atoms with Crippen LogP contribution in [0.2, 0.25) is 0 Å². The molecule has 2 aromatic rings. The lowest BCUT2D eigenvalue weighted by Crippen LogP contribution is -2.37. The Morgan fingerprint density at radius 3 is 2.59 bits per heavy atom. The van der Waals surface area contributed by atoms with Crippen molar-refractivity contribution in [1.29, 1.82) is 0 Å². The number of ether oxygens (including phenoxy) is 1. The Hall–Kier alpha value is -1.85. The summed E-state index contributed by atoms with van der Waals surface area (Å²) in [5.41, 5.74) is 2.31. The van der Waals surface area contributed by atoms with E-state index >= 15 is 0 Å². The number of benzene rings is 2. The van der Waals surface area contributed by atoms with Crippen molar-refractivity contribution in [2.24, 2.45) is 0 Å². The van der Waals surface area contributed by atoms with Gasteiger partial charge in [-0.2, -0.15) is 0 Å². The number of hydrogen-bond donors (Lipinski definition) is 1. The van der Waals surface area contributed by atoms with Crippen molar-refractivity contribution in [1.82, 2.24) is 10.2 Å². The molecule has 1 aliphatic rings. The van der Waals surface area contributed by atoms with Gasteiger partial charge in [0.05, 0.1) is 13.2 Å². The number of nitrogens with one attached hydrogen (secondary N) is 1. The molecule has 5 heteroatoms. The highest BCUT2D eigenvalue weighted by Crippen LogP contribution is 2.31. The van der Waals surface area contributed by atoms with Crippen LogP contribution < -0.4 is 10.1 Å². The molecular weight excluding hydrogens is 404 g/mol. The van der Waals surface area contributed by atoms with Crippen LogP contribution in [-0.4, -0.2) is 37.6 Å². The lowest BCUT2D eigenvalue weighted by molar-refractivity contribution is -0.121. The molecule has 1 heterocycles. The second-order valence-electron chi connectivity index (χ2n) is 6.90. The molecule has 1 aliphatic heterocycles. The van der Waals surface area contributed by atoms with E-state index in [1.54, 1.807) is 7.11 Å². The number of halogens is 1. The van der Waals surface area contributed by atoms with E-state index in [0.29, 0.717) is 13.0 Å². The molecule has 27 heavy (non-hydrogen) atoms. The van der Waals surface area contributed by atoms with Gasteiger partial charge in [-0.1, -0.05) is 52.3 Å². The number of carbonyl (C=O) groups is 1. The molecule has 4 nitrogen and oxygen atoms in total. The molecule has 1 amide bonds. The molecule has 1 fully saturated rings. The third-order valence-corrected chi connectivity index (χ3v) is 5.92. The Labute approximate surface area is 170 Å². The summed E-state index contributed by atoms with van der Waals surface area (Å²) < 4.78 is 6.62. The Morgan fingerprint density at radius 2 is 1.85 bits per heavy atom. The normalized spacial score (nSPS) is 15.5. The van der Waals surface area contributed by atoms with Gasteiger partial charge in [0, 0.05) is 23.0 Å². The number of aryl methyl sites for hydroxylation is 1. The Morgan fingerprint density at radius 1 is 1.15 bits per heavy atom. The van der Waals surface area contributed by atoms with Crippen molar-refractivity contribution in [2.45, 2.75) is 31.7 Å². The van der Waals surface area contributed by atoms with Gasteiger partial charge >= 0.3 is 0 Å². The minimum Gasteiger partial charge on any atom is -0.496 e. The Balaban J connectivity index is 1.62. The van der Waals surface area contributed by atoms with Crippen molar-refractivity contribution in [3.05, 3.63) is 64.1 Å². The minimum absolute atomic E-state index is 0.0878. The van der Waals surface area contributed by atoms with Gasteiger partial charge in [-0.05, 0) is 50.0 Å². The van der Waals surface area contributed by atoms with Gasteiger partial charge in [0.1, 0.15) is 5.75 Å². The second-order valence-corrected chi connectivity index (χ2v) is 7.75. The number of para-hydroxylation sites is 1. The maximum absolute atomic E-state index is 12.5. The molecule has 0 radical (unpaired) electrons. The first-order chi connectivity index (χ1) is 13.2. The van der Waals surface area contributed by atoms with E-state index in [1.807, 2.05) is 36.4 Å². The largest absolute Gasteiger partial charge is 0.496 e. The predicted molar refractivity (Wildman–Crippen MR) is 112 cm³/mol. The molecule has 0 aromatic heterocycles. The number of carbonyl (C=O) groups excluding carboxylic acids is 1. The van der Waals surface area contributed by atoms with Gasteiger partial charge in [-0.15, -0.1) is 0 Å². The number of amides is 1. The highest BCUT2D eigenvalue weighted by Gasteiger charge is 2.26. The fourth-order valence-electron chi connectivity index (χ4n) is 3.68. The summed E-state index contributed by atoms with van der Waals surface area (Å²) in [7, 11) is 1.70. The van der Waals surface area contributed by atoms with E-state index in [0.717, 1.165) is 40.9 Å². The first-order valence-corrected chi connectivity index (χ1v) is 10.4. The van der Waals surface area contributed by atoms with Crippen molar-refractivity contribution in [3.8, 4) is 5.75 Å². The molecule has 0 bridgehead atoms. The summed E-state index contributed by atoms with van der Waals surface area (Å²) in [5, 5.41) is 3.15. The predicted octanol–water partition coefficient (Wildman–Crippen LogP) is 4.34. The molecule has 0 spiro atoms. The van der Waals surface area contributed by atoms with Crippen LogP contribution >= 0.6 is 15.9 Å². The smallest absolute Gasteiger partial charge is 0.220 e. The van der Waals surface area contributed by atoms with Crippen LogP contribution in [0.25, 0.3) is 0 Å². The molecule has 1 unspecified atom stereocenters. The molecule has 144 valence electrons. The van der Waals surface area contributed by atoms with Crippen LogP contribution in [0.1, 0.15) is 36.4 Å². The zero-order chi connectivity index (χ0) is 19.1. The lowest BCUT2D eigenvalue weighted by atomic mass is 10.0. The van der Waals surface area contributed by atoms with Gasteiger partial charge < -0.3 is 10.1 Å². The average Bonchev–Trinajstić information content (AvgIpc) is 3.22. The number of rotatable bonds is 8. The standard InChI is InChI=1S/C22H27BrN2O2/c1-27-21-11-5-3-9-18(21)20(25-14-6-7-15-25)16-24-22(26)13-12-17-8-2-4-10-19(17)23/h2-5,8-11,20H,6-7,12-16H2,1H3,(H,24,26). The van der Waals surface area contributed by atoms with Crippen LogP contribution in [0, 0.1) is 0 Å². The lowest BCUT2D eigenvalue weighted by Gasteiger charge is -2.29. The van der Waals surface area contributed by atoms with Crippen molar-refractivity contribution in [2.75, 3.05) is 26.7 Å². The topological polar surface area (TPSA) is 41.6 Å². The number of likely N-dealkylation sites (tertiary alicyclic amines) is 1. The van der Waals surface area contributed by atoms with E-state index < -0.39 is 0 Å². The molecule has 2 aromatic carbocycles. The first-order valence-electron chi connectivity index (χ1n) is 9.56. The van der Waals surface area contributed by atoms with E-state index in [4.69, 9.17) is 4.74 Å². The average molecular weight is 431 g/mol. The molecule has 1 N–H and O–H groups in total. The van der Waals surface area contributed by atoms with E-state index in [-0.39, 0.29) is 11.9 Å². The van der Waals surface area contributed by atoms with Crippen LogP contribution in [0.4, 0.5) is 0 Å². The molecule has 0 aliphatic carbocycles. The third-order valence-electron chi connectivity index (χ3n) is 5.15. The first kappa shape index (κ1) is 19.9. The van der Waals surface area contributed by atoms with E-state index in [1.165, 1.54) is 12.8 Å². The zero-order valence-corrected chi connectivity index (χ0v) is 17.4. The van der Waals surface area contributed by atoms with E-state index in [9.17, 15) is 4.79 Å². The van der Waals surface area contributed by atoms with Crippen molar-refractivity contribution < 1.29 is 9.53 Å². The van der Waals surface area contributed by atoms with E-state index in [2.05, 4.69) is 38.3 Å². The highest BCUT2D eigenvalue weighted by molar-refractivity contribution is 9.10. The zero-order valence-electron chi connectivity index (χ0n) is 15.8. The van der Waals surface area contributed by atoms with Gasteiger partial charge in [0.25, 0.3) is 0 Å². The summed E-state index contributed by atoms with van der Waals surface area (Å²) >= 11 is 3.55. The van der Waals surface area contributed by atoms with Crippen LogP contribution in [0.15, 0.2) is 53.0 Å². The molecule has 3 rings (SSSR count). The SMILES string of the molecule is COc1ccccc1C(CNC(=O)CCc1ccccc1Br)N1CCCC1. The Kier molecular flexibility index (Phi) is 7.30. The molecule has 0 saturated carbocycles. The molecular formula is C22H27BrN2O2. The summed E-state index contributed by atoms with van der Waals surface area (Å²) in [5.74, 6) is 0.974. The Bertz CT molecular complexity index is 759. The van der Waals surface area contributed by atoms with Crippen LogP contribution in [-0.2, 0) is 11.2 Å². The van der Waals surface area contributed by atoms with Gasteiger partial charge in [-0.3, -0.25) is 9.69 Å². The summed E-state index contributed by atoms with van der Waals surface area (Å²) in [6, 6.07) is 16.3. The van der Waals surface area contributed by atoms with Crippen LogP contribution in [0.3, 0.4) is 0 Å². The minimum atomic E-state index is 0.0878. The summed E-state index contributed by atoms with van der Waals surface area (Å²) in [6.07, 6.45) is 3.64. The monoisotopic (exact) mass is 430 g/mol. The maximum atomic E-state index is 12.5. The summed E-state index contributed by atoms with van der Waals surface area (Å²) in [4.78, 5) is 14.9. The summed E-state index contributed by atoms with van der Waals surface area (Å²) in [6.45, 7) is 2.74. The molecule has 1 atom stereocenters. The van der Waals surface area contributed by atoms with Gasteiger partial charge in [0.2, 0.25) is 5.91 Å². The van der Waals surface area contributed by atoms with Crippen molar-refractivity contribution >= 4 is 21.8 Å². The highest BCUT2D eigenvalue weighted by atomic mass is 79.9. The van der Waals surface area contributed by atoms with Gasteiger partial charge in [-0.25, -0.2) is 0 Å². The fraction of sp³-hybridized carbons (Fsp3) is 0.409. The number of hydrogen-bond acceptors (Lipinski definition) is 3. The fourth-order valence-corrected chi connectivity index (χ4v) is 4.16. The molecule has 1 saturated heterocycles. The quantitative estimate of drug-likeness (QED) is 0.676. The van der Waals surface area contributed by atoms with Gasteiger partial charge in [0.15, 0.2) is 0 Å². The number of nitrogens with zero attached hydrogens (tertiary/aromatic N) is 1. The third kappa shape index (κ3) is 5.33. The maximum Gasteiger partial charge on any atom is 0.220 e.